The molecule has 1 amide bonds. The molecule has 0 saturated carbocycles. The van der Waals surface area contributed by atoms with Crippen LogP contribution in [-0.4, -0.2) is 31.6 Å². The number of esters is 1. The summed E-state index contributed by atoms with van der Waals surface area (Å²) < 4.78 is 4.76. The van der Waals surface area contributed by atoms with Gasteiger partial charge in [0.2, 0.25) is 5.91 Å². The van der Waals surface area contributed by atoms with Crippen molar-refractivity contribution in [3.8, 4) is 0 Å². The Morgan fingerprint density at radius 2 is 2.11 bits per heavy atom. The Bertz CT molecular complexity index is 441. The van der Waals surface area contributed by atoms with Crippen molar-refractivity contribution in [2.45, 2.75) is 24.9 Å². The molecule has 0 aliphatic carbocycles. The molecule has 1 aromatic rings. The zero-order valence-corrected chi connectivity index (χ0v) is 10.9. The highest BCUT2D eigenvalue weighted by Gasteiger charge is 2.28. The van der Waals surface area contributed by atoms with Crippen LogP contribution in [0.2, 0.25) is 0 Å². The van der Waals surface area contributed by atoms with E-state index in [0.717, 1.165) is 24.9 Å². The number of hydrogen-bond donors (Lipinski definition) is 2. The second kappa shape index (κ2) is 6.33. The topological polar surface area (TPSA) is 67.4 Å². The minimum Gasteiger partial charge on any atom is -0.467 e. The van der Waals surface area contributed by atoms with E-state index in [-0.39, 0.29) is 11.9 Å². The summed E-state index contributed by atoms with van der Waals surface area (Å²) in [5.41, 5.74) is 0.723. The molecule has 0 unspecified atom stereocenters. The van der Waals surface area contributed by atoms with Crippen LogP contribution >= 0.6 is 0 Å². The lowest BCUT2D eigenvalue weighted by molar-refractivity contribution is -0.145. The zero-order chi connectivity index (χ0) is 13.7. The predicted octanol–water partition coefficient (Wildman–Crippen LogP) is 0.769. The summed E-state index contributed by atoms with van der Waals surface area (Å²) >= 11 is 0. The predicted molar refractivity (Wildman–Crippen MR) is 70.4 cm³/mol. The minimum absolute atomic E-state index is 0.156. The highest BCUT2D eigenvalue weighted by molar-refractivity contribution is 5.88. The van der Waals surface area contributed by atoms with Gasteiger partial charge in [-0.15, -0.1) is 0 Å². The smallest absolute Gasteiger partial charge is 0.333 e. The molecule has 0 spiro atoms. The number of rotatable bonds is 4. The molecular weight excluding hydrogens is 244 g/mol. The molecule has 1 fully saturated rings. The third-order valence-electron chi connectivity index (χ3n) is 3.23. The van der Waals surface area contributed by atoms with Crippen molar-refractivity contribution in [2.24, 2.45) is 0 Å². The van der Waals surface area contributed by atoms with E-state index in [1.165, 1.54) is 7.11 Å². The number of methoxy groups -OCH3 is 1. The van der Waals surface area contributed by atoms with Crippen LogP contribution in [0, 0.1) is 0 Å². The number of ether oxygens (including phenoxy) is 1. The fraction of sp³-hybridized carbons (Fsp3) is 0.429. The lowest BCUT2D eigenvalue weighted by atomic mass is 10.1. The average molecular weight is 262 g/mol. The molecule has 19 heavy (non-hydrogen) atoms. The second-order valence-corrected chi connectivity index (χ2v) is 4.52. The maximum absolute atomic E-state index is 12.1. The first kappa shape index (κ1) is 13.5. The molecule has 0 bridgehead atoms. The first-order chi connectivity index (χ1) is 9.22. The van der Waals surface area contributed by atoms with E-state index in [0.29, 0.717) is 0 Å². The molecule has 2 rings (SSSR count). The molecule has 2 N–H and O–H groups in total. The largest absolute Gasteiger partial charge is 0.467 e. The normalized spacial score (nSPS) is 19.7. The molecule has 2 atom stereocenters. The van der Waals surface area contributed by atoms with Gasteiger partial charge in [-0.1, -0.05) is 30.3 Å². The molecule has 1 aliphatic heterocycles. The van der Waals surface area contributed by atoms with E-state index in [1.807, 2.05) is 18.2 Å². The van der Waals surface area contributed by atoms with Crippen LogP contribution in [0.25, 0.3) is 0 Å². The fourth-order valence-corrected chi connectivity index (χ4v) is 2.19. The summed E-state index contributed by atoms with van der Waals surface area (Å²) in [6.45, 7) is 0.840. The Hall–Kier alpha value is -1.88. The molecule has 0 aromatic heterocycles. The third-order valence-corrected chi connectivity index (χ3v) is 3.23. The van der Waals surface area contributed by atoms with E-state index >= 15 is 0 Å². The first-order valence-electron chi connectivity index (χ1n) is 6.39. The van der Waals surface area contributed by atoms with Crippen molar-refractivity contribution in [3.63, 3.8) is 0 Å². The molecule has 1 aromatic carbocycles. The van der Waals surface area contributed by atoms with Crippen LogP contribution in [0.5, 0.6) is 0 Å². The van der Waals surface area contributed by atoms with Crippen LogP contribution in [0.3, 0.4) is 0 Å². The van der Waals surface area contributed by atoms with E-state index in [2.05, 4.69) is 10.6 Å². The van der Waals surface area contributed by atoms with Gasteiger partial charge in [-0.2, -0.15) is 0 Å². The minimum atomic E-state index is -0.749. The molecule has 1 heterocycles. The van der Waals surface area contributed by atoms with Gasteiger partial charge in [-0.25, -0.2) is 4.79 Å². The molecule has 1 aliphatic rings. The van der Waals surface area contributed by atoms with E-state index in [9.17, 15) is 9.59 Å². The first-order valence-corrected chi connectivity index (χ1v) is 6.39. The summed E-state index contributed by atoms with van der Waals surface area (Å²) in [7, 11) is 1.32. The molecule has 1 saturated heterocycles. The number of benzene rings is 1. The molecular formula is C14H18N2O3. The molecule has 5 nitrogen and oxygen atoms in total. The second-order valence-electron chi connectivity index (χ2n) is 4.52. The Labute approximate surface area is 112 Å². The Morgan fingerprint density at radius 1 is 1.37 bits per heavy atom. The molecule has 5 heteroatoms. The number of carbonyl (C=O) groups excluding carboxylic acids is 2. The van der Waals surface area contributed by atoms with E-state index in [4.69, 9.17) is 4.74 Å². The highest BCUT2D eigenvalue weighted by atomic mass is 16.5. The summed E-state index contributed by atoms with van der Waals surface area (Å²) in [6, 6.07) is 8.14. The van der Waals surface area contributed by atoms with E-state index < -0.39 is 12.0 Å². The maximum Gasteiger partial charge on any atom is 0.333 e. The van der Waals surface area contributed by atoms with Crippen LogP contribution in [0.15, 0.2) is 30.3 Å². The van der Waals surface area contributed by atoms with Crippen molar-refractivity contribution in [1.29, 1.82) is 0 Å². The lowest BCUT2D eigenvalue weighted by Crippen LogP contribution is -2.44. The van der Waals surface area contributed by atoms with Crippen molar-refractivity contribution < 1.29 is 14.3 Å². The van der Waals surface area contributed by atoms with Gasteiger partial charge in [0.05, 0.1) is 13.2 Å². The average Bonchev–Trinajstić information content (AvgIpc) is 2.99. The quantitative estimate of drug-likeness (QED) is 0.786. The highest BCUT2D eigenvalue weighted by Crippen LogP contribution is 2.15. The Kier molecular flexibility index (Phi) is 4.52. The Balaban J connectivity index is 2.10. The van der Waals surface area contributed by atoms with Crippen LogP contribution in [0.4, 0.5) is 0 Å². The number of carbonyl (C=O) groups is 2. The van der Waals surface area contributed by atoms with Crippen molar-refractivity contribution in [3.05, 3.63) is 35.9 Å². The standard InChI is InChI=1S/C14H18N2O3/c1-19-14(18)12(10-6-3-2-4-7-10)16-13(17)11-8-5-9-15-11/h2-4,6-7,11-12,15H,5,8-9H2,1H3,(H,16,17)/t11-,12-/m0/s1. The molecule has 102 valence electrons. The van der Waals surface area contributed by atoms with Crippen LogP contribution in [0.1, 0.15) is 24.4 Å². The van der Waals surface area contributed by atoms with E-state index in [1.54, 1.807) is 12.1 Å². The zero-order valence-electron chi connectivity index (χ0n) is 10.9. The molecule has 0 radical (unpaired) electrons. The summed E-state index contributed by atoms with van der Waals surface area (Å²) in [5, 5.41) is 5.86. The van der Waals surface area contributed by atoms with Crippen LogP contribution in [-0.2, 0) is 14.3 Å². The number of nitrogens with one attached hydrogen (secondary N) is 2. The number of amides is 1. The maximum atomic E-state index is 12.1. The SMILES string of the molecule is COC(=O)[C@@H](NC(=O)[C@@H]1CCCN1)c1ccccc1. The monoisotopic (exact) mass is 262 g/mol. The fourth-order valence-electron chi connectivity index (χ4n) is 2.19. The summed E-state index contributed by atoms with van der Waals surface area (Å²) in [4.78, 5) is 23.9. The van der Waals surface area contributed by atoms with Crippen molar-refractivity contribution >= 4 is 11.9 Å². The van der Waals surface area contributed by atoms with Gasteiger partial charge in [0.25, 0.3) is 0 Å². The third kappa shape index (κ3) is 3.32. The van der Waals surface area contributed by atoms with Gasteiger partial charge in [-0.3, -0.25) is 4.79 Å². The van der Waals surface area contributed by atoms with Crippen molar-refractivity contribution in [2.75, 3.05) is 13.7 Å². The van der Waals surface area contributed by atoms with Gasteiger partial charge in [0.1, 0.15) is 0 Å². The van der Waals surface area contributed by atoms with Gasteiger partial charge >= 0.3 is 5.97 Å². The van der Waals surface area contributed by atoms with Gasteiger partial charge in [0.15, 0.2) is 6.04 Å². The lowest BCUT2D eigenvalue weighted by Gasteiger charge is -2.19. The van der Waals surface area contributed by atoms with Gasteiger partial charge in [-0.05, 0) is 24.9 Å². The summed E-state index contributed by atoms with van der Waals surface area (Å²) in [5.74, 6) is -0.616. The van der Waals surface area contributed by atoms with Gasteiger partial charge in [0, 0.05) is 0 Å². The summed E-state index contributed by atoms with van der Waals surface area (Å²) in [6.07, 6.45) is 1.78. The van der Waals surface area contributed by atoms with Crippen molar-refractivity contribution in [1.82, 2.24) is 10.6 Å². The van der Waals surface area contributed by atoms with Crippen LogP contribution < -0.4 is 10.6 Å². The Morgan fingerprint density at radius 3 is 2.68 bits per heavy atom. The number of hydrogen-bond acceptors (Lipinski definition) is 4. The van der Waals surface area contributed by atoms with Gasteiger partial charge < -0.3 is 15.4 Å².